The molecule has 0 spiro atoms. The zero-order valence-corrected chi connectivity index (χ0v) is 17.7. The number of alkyl halides is 3. The minimum absolute atomic E-state index is 0.224. The third kappa shape index (κ3) is 8.18. The van der Waals surface area contributed by atoms with Gasteiger partial charge in [-0.25, -0.2) is 9.59 Å². The van der Waals surface area contributed by atoms with Crippen LogP contribution in [0.25, 0.3) is 0 Å². The SMILES string of the molecule is Cc1ccc(NC(=O)Nc2cccc(CNc3cn[nH]c3C(N)=O)c2)cc1.O=C(O)C(F)(F)F. The van der Waals surface area contributed by atoms with E-state index in [2.05, 4.69) is 26.1 Å². The Bertz CT molecular complexity index is 1150. The van der Waals surface area contributed by atoms with Gasteiger partial charge in [0.1, 0.15) is 5.69 Å². The van der Waals surface area contributed by atoms with Crippen LogP contribution < -0.4 is 21.7 Å². The topological polar surface area (TPSA) is 162 Å². The number of aromatic amines is 1. The minimum atomic E-state index is -5.08. The quantitative estimate of drug-likeness (QED) is 0.316. The fourth-order valence-electron chi connectivity index (χ4n) is 2.49. The molecule has 1 heterocycles. The smallest absolute Gasteiger partial charge is 0.475 e. The van der Waals surface area contributed by atoms with Crippen molar-refractivity contribution in [3.05, 3.63) is 71.5 Å². The molecule has 10 nitrogen and oxygen atoms in total. The third-order valence-corrected chi connectivity index (χ3v) is 4.11. The van der Waals surface area contributed by atoms with Crippen LogP contribution in [0.1, 0.15) is 21.6 Å². The van der Waals surface area contributed by atoms with Gasteiger partial charge in [0, 0.05) is 17.9 Å². The summed E-state index contributed by atoms with van der Waals surface area (Å²) in [4.78, 5) is 32.3. The number of carbonyl (C=O) groups is 3. The molecular weight excluding hydrogens is 457 g/mol. The molecule has 0 aliphatic carbocycles. The van der Waals surface area contributed by atoms with E-state index in [1.165, 1.54) is 6.20 Å². The molecule has 1 aromatic heterocycles. The first-order chi connectivity index (χ1) is 16.0. The number of H-pyrrole nitrogens is 1. The lowest BCUT2D eigenvalue weighted by Gasteiger charge is -2.10. The number of benzene rings is 2. The van der Waals surface area contributed by atoms with Gasteiger partial charge < -0.3 is 26.8 Å². The lowest BCUT2D eigenvalue weighted by atomic mass is 10.2. The molecule has 0 bridgehead atoms. The second kappa shape index (κ2) is 11.4. The Labute approximate surface area is 191 Å². The summed E-state index contributed by atoms with van der Waals surface area (Å²) >= 11 is 0. The van der Waals surface area contributed by atoms with Crippen LogP contribution in [-0.4, -0.2) is 39.4 Å². The summed E-state index contributed by atoms with van der Waals surface area (Å²) in [6, 6.07) is 14.6. The Morgan fingerprint density at radius 1 is 1.06 bits per heavy atom. The summed E-state index contributed by atoms with van der Waals surface area (Å²) in [6.07, 6.45) is -3.59. The number of halogens is 3. The Hall–Kier alpha value is -4.55. The van der Waals surface area contributed by atoms with Gasteiger partial charge in [-0.3, -0.25) is 9.89 Å². The maximum absolute atomic E-state index is 12.1. The number of amides is 3. The summed E-state index contributed by atoms with van der Waals surface area (Å²) in [5.74, 6) is -3.34. The molecule has 0 saturated heterocycles. The largest absolute Gasteiger partial charge is 0.490 e. The monoisotopic (exact) mass is 478 g/mol. The number of carbonyl (C=O) groups excluding carboxylic acids is 2. The van der Waals surface area contributed by atoms with E-state index in [-0.39, 0.29) is 11.7 Å². The van der Waals surface area contributed by atoms with Crippen LogP contribution in [-0.2, 0) is 11.3 Å². The van der Waals surface area contributed by atoms with E-state index in [1.54, 1.807) is 6.07 Å². The number of aromatic nitrogens is 2. The van der Waals surface area contributed by atoms with Crippen molar-refractivity contribution >= 4 is 35.0 Å². The molecule has 0 aliphatic rings. The molecular formula is C21H21F3N6O4. The Morgan fingerprint density at radius 3 is 2.26 bits per heavy atom. The average molecular weight is 478 g/mol. The number of nitrogens with zero attached hydrogens (tertiary/aromatic N) is 1. The first-order valence-corrected chi connectivity index (χ1v) is 9.56. The highest BCUT2D eigenvalue weighted by atomic mass is 19.4. The number of carboxylic acids is 1. The minimum Gasteiger partial charge on any atom is -0.475 e. The van der Waals surface area contributed by atoms with Gasteiger partial charge in [-0.1, -0.05) is 29.8 Å². The van der Waals surface area contributed by atoms with Crippen LogP contribution in [0, 0.1) is 6.92 Å². The highest BCUT2D eigenvalue weighted by Gasteiger charge is 2.38. The van der Waals surface area contributed by atoms with Crippen molar-refractivity contribution in [1.29, 1.82) is 0 Å². The predicted octanol–water partition coefficient (Wildman–Crippen LogP) is 3.71. The van der Waals surface area contributed by atoms with E-state index < -0.39 is 18.1 Å². The maximum atomic E-state index is 12.1. The van der Waals surface area contributed by atoms with Gasteiger partial charge in [-0.05, 0) is 36.8 Å². The van der Waals surface area contributed by atoms with Crippen molar-refractivity contribution in [3.8, 4) is 0 Å². The molecule has 13 heteroatoms. The standard InChI is InChI=1S/C19H20N6O2.C2HF3O2/c1-12-5-7-14(8-6-12)23-19(27)24-15-4-2-3-13(9-15)10-21-16-11-22-25-17(16)18(20)26;3-2(4,5)1(6)7/h2-9,11,21H,10H2,1H3,(H2,20,26)(H,22,25)(H2,23,24,27);(H,6,7). The molecule has 0 saturated carbocycles. The van der Waals surface area contributed by atoms with Gasteiger partial charge >= 0.3 is 18.2 Å². The van der Waals surface area contributed by atoms with Gasteiger partial charge in [-0.15, -0.1) is 0 Å². The van der Waals surface area contributed by atoms with E-state index in [0.717, 1.165) is 16.8 Å². The molecule has 3 aromatic rings. The number of hydrogen-bond donors (Lipinski definition) is 6. The van der Waals surface area contributed by atoms with Crippen molar-refractivity contribution in [2.45, 2.75) is 19.6 Å². The molecule has 0 unspecified atom stereocenters. The van der Waals surface area contributed by atoms with E-state index in [4.69, 9.17) is 15.6 Å². The Balaban J connectivity index is 0.000000509. The van der Waals surface area contributed by atoms with E-state index in [9.17, 15) is 22.8 Å². The van der Waals surface area contributed by atoms with E-state index in [0.29, 0.717) is 17.9 Å². The number of nitrogens with two attached hydrogens (primary N) is 1. The summed E-state index contributed by atoms with van der Waals surface area (Å²) in [6.45, 7) is 2.42. The van der Waals surface area contributed by atoms with Gasteiger partial charge in [0.25, 0.3) is 5.91 Å². The number of rotatable bonds is 6. The highest BCUT2D eigenvalue weighted by molar-refractivity contribution is 5.99. The molecule has 3 amide bonds. The van der Waals surface area contributed by atoms with E-state index in [1.807, 2.05) is 49.4 Å². The molecule has 7 N–H and O–H groups in total. The van der Waals surface area contributed by atoms with Crippen LogP contribution in [0.15, 0.2) is 54.7 Å². The van der Waals surface area contributed by atoms with Gasteiger partial charge in [-0.2, -0.15) is 18.3 Å². The first kappa shape index (κ1) is 25.7. The van der Waals surface area contributed by atoms with Crippen LogP contribution in [0.5, 0.6) is 0 Å². The van der Waals surface area contributed by atoms with Crippen molar-refractivity contribution in [3.63, 3.8) is 0 Å². The number of aliphatic carboxylic acids is 1. The molecule has 0 radical (unpaired) electrons. The number of aryl methyl sites for hydroxylation is 1. The fraction of sp³-hybridized carbons (Fsp3) is 0.143. The molecule has 34 heavy (non-hydrogen) atoms. The highest BCUT2D eigenvalue weighted by Crippen LogP contribution is 2.16. The zero-order chi connectivity index (χ0) is 25.3. The lowest BCUT2D eigenvalue weighted by Crippen LogP contribution is -2.21. The maximum Gasteiger partial charge on any atom is 0.490 e. The van der Waals surface area contributed by atoms with Crippen LogP contribution >= 0.6 is 0 Å². The molecule has 0 fully saturated rings. The molecule has 0 atom stereocenters. The van der Waals surface area contributed by atoms with Crippen molar-refractivity contribution in [1.82, 2.24) is 10.2 Å². The number of carboxylic acid groups (broad SMARTS) is 1. The average Bonchev–Trinajstić information content (AvgIpc) is 3.23. The number of anilines is 3. The fourth-order valence-corrected chi connectivity index (χ4v) is 2.49. The molecule has 0 aliphatic heterocycles. The normalized spacial score (nSPS) is 10.5. The van der Waals surface area contributed by atoms with Crippen molar-refractivity contribution in [2.24, 2.45) is 5.73 Å². The van der Waals surface area contributed by atoms with Gasteiger partial charge in [0.15, 0.2) is 0 Å². The number of primary amides is 1. The van der Waals surface area contributed by atoms with E-state index >= 15 is 0 Å². The Morgan fingerprint density at radius 2 is 1.68 bits per heavy atom. The number of nitrogens with one attached hydrogen (secondary N) is 4. The van der Waals surface area contributed by atoms with Crippen LogP contribution in [0.3, 0.4) is 0 Å². The number of hydrogen-bond acceptors (Lipinski definition) is 5. The zero-order valence-electron chi connectivity index (χ0n) is 17.7. The van der Waals surface area contributed by atoms with Crippen molar-refractivity contribution in [2.75, 3.05) is 16.0 Å². The molecule has 2 aromatic carbocycles. The van der Waals surface area contributed by atoms with Crippen LogP contribution in [0.4, 0.5) is 35.0 Å². The molecule has 180 valence electrons. The summed E-state index contributed by atoms with van der Waals surface area (Å²) in [5, 5.41) is 22.2. The van der Waals surface area contributed by atoms with Gasteiger partial charge in [0.05, 0.1) is 11.9 Å². The summed E-state index contributed by atoms with van der Waals surface area (Å²) in [7, 11) is 0. The van der Waals surface area contributed by atoms with Crippen molar-refractivity contribution < 1.29 is 32.7 Å². The predicted molar refractivity (Wildman–Crippen MR) is 118 cm³/mol. The second-order valence-electron chi connectivity index (χ2n) is 6.82. The molecule has 3 rings (SSSR count). The summed E-state index contributed by atoms with van der Waals surface area (Å²) in [5.41, 5.74) is 9.43. The Kier molecular flexibility index (Phi) is 8.59. The lowest BCUT2D eigenvalue weighted by molar-refractivity contribution is -0.192. The summed E-state index contributed by atoms with van der Waals surface area (Å²) < 4.78 is 31.7. The first-order valence-electron chi connectivity index (χ1n) is 9.56. The van der Waals surface area contributed by atoms with Gasteiger partial charge in [0.2, 0.25) is 0 Å². The third-order valence-electron chi connectivity index (χ3n) is 4.11. The second-order valence-corrected chi connectivity index (χ2v) is 6.82. The number of urea groups is 1. The van der Waals surface area contributed by atoms with Crippen LogP contribution in [0.2, 0.25) is 0 Å².